The number of hydrogen-bond donors (Lipinski definition) is 2. The fourth-order valence-corrected chi connectivity index (χ4v) is 2.87. The van der Waals surface area contributed by atoms with Gasteiger partial charge in [-0.1, -0.05) is 18.2 Å². The molecule has 0 spiro atoms. The van der Waals surface area contributed by atoms with Gasteiger partial charge in [0.1, 0.15) is 17.2 Å². The molecule has 2 N–H and O–H groups in total. The van der Waals surface area contributed by atoms with Crippen molar-refractivity contribution in [3.05, 3.63) is 59.6 Å². The van der Waals surface area contributed by atoms with Gasteiger partial charge in [0.2, 0.25) is 0 Å². The molecule has 1 heterocycles. The van der Waals surface area contributed by atoms with E-state index in [1.165, 1.54) is 11.3 Å². The summed E-state index contributed by atoms with van der Waals surface area (Å²) >= 11 is 1.34. The molecular formula is C18H17N3O3S. The Bertz CT molecular complexity index is 865. The Balaban J connectivity index is 1.72. The highest BCUT2D eigenvalue weighted by atomic mass is 32.1. The number of hydrogen-bond acceptors (Lipinski definition) is 6. The molecule has 3 rings (SSSR count). The first kappa shape index (κ1) is 16.8. The van der Waals surface area contributed by atoms with E-state index < -0.39 is 0 Å². The molecule has 0 aliphatic heterocycles. The molecule has 0 saturated heterocycles. The van der Waals surface area contributed by atoms with E-state index in [2.05, 4.69) is 15.6 Å². The van der Waals surface area contributed by atoms with Crippen molar-refractivity contribution in [3.8, 4) is 11.5 Å². The Labute approximate surface area is 149 Å². The highest BCUT2D eigenvalue weighted by Crippen LogP contribution is 2.32. The zero-order valence-electron chi connectivity index (χ0n) is 13.8. The number of amides is 1. The molecule has 0 bridgehead atoms. The van der Waals surface area contributed by atoms with Crippen LogP contribution in [0.25, 0.3) is 0 Å². The van der Waals surface area contributed by atoms with Gasteiger partial charge in [-0.15, -0.1) is 11.3 Å². The van der Waals surface area contributed by atoms with Crippen molar-refractivity contribution in [2.75, 3.05) is 24.9 Å². The first-order chi connectivity index (χ1) is 12.2. The maximum atomic E-state index is 12.3. The Morgan fingerprint density at radius 3 is 2.60 bits per heavy atom. The van der Waals surface area contributed by atoms with Crippen LogP contribution in [0.1, 0.15) is 10.5 Å². The number of benzene rings is 2. The summed E-state index contributed by atoms with van der Waals surface area (Å²) in [6.07, 6.45) is 0. The molecule has 0 atom stereocenters. The molecule has 128 valence electrons. The number of nitrogens with zero attached hydrogens (tertiary/aromatic N) is 1. The lowest BCUT2D eigenvalue weighted by Gasteiger charge is -2.10. The van der Waals surface area contributed by atoms with Crippen LogP contribution in [-0.4, -0.2) is 25.1 Å². The van der Waals surface area contributed by atoms with Crippen LogP contribution in [0.3, 0.4) is 0 Å². The van der Waals surface area contributed by atoms with Crippen LogP contribution < -0.4 is 20.1 Å². The number of carbonyl (C=O) groups excluding carboxylic acids is 1. The third-order valence-electron chi connectivity index (χ3n) is 3.42. The highest BCUT2D eigenvalue weighted by Gasteiger charge is 2.13. The Morgan fingerprint density at radius 2 is 1.88 bits per heavy atom. The molecule has 1 aromatic heterocycles. The highest BCUT2D eigenvalue weighted by molar-refractivity contribution is 7.14. The van der Waals surface area contributed by atoms with Gasteiger partial charge < -0.3 is 20.1 Å². The van der Waals surface area contributed by atoms with Crippen molar-refractivity contribution in [2.45, 2.75) is 0 Å². The second-order valence-corrected chi connectivity index (χ2v) is 5.91. The second-order valence-electron chi connectivity index (χ2n) is 5.05. The molecule has 1 amide bonds. The summed E-state index contributed by atoms with van der Waals surface area (Å²) in [4.78, 5) is 16.6. The van der Waals surface area contributed by atoms with Crippen molar-refractivity contribution < 1.29 is 14.3 Å². The number of para-hydroxylation sites is 1. The summed E-state index contributed by atoms with van der Waals surface area (Å²) in [5, 5.41) is 8.27. The second kappa shape index (κ2) is 7.67. The van der Waals surface area contributed by atoms with E-state index >= 15 is 0 Å². The quantitative estimate of drug-likeness (QED) is 0.695. The summed E-state index contributed by atoms with van der Waals surface area (Å²) in [6, 6.07) is 14.7. The predicted octanol–water partition coefficient (Wildman–Crippen LogP) is 4.16. The first-order valence-corrected chi connectivity index (χ1v) is 8.38. The van der Waals surface area contributed by atoms with Crippen molar-refractivity contribution >= 4 is 33.8 Å². The van der Waals surface area contributed by atoms with Crippen molar-refractivity contribution in [1.29, 1.82) is 0 Å². The van der Waals surface area contributed by atoms with Gasteiger partial charge >= 0.3 is 0 Å². The standard InChI is InChI=1S/C18H17N3O3S/c1-23-13-8-9-14(16(10-13)24-2)20-18-21-15(11-25-18)17(22)19-12-6-4-3-5-7-12/h3-11H,1-2H3,(H,19,22)(H,20,21). The average molecular weight is 355 g/mol. The van der Waals surface area contributed by atoms with E-state index in [0.717, 1.165) is 11.4 Å². The van der Waals surface area contributed by atoms with Gasteiger partial charge in [-0.3, -0.25) is 4.79 Å². The van der Waals surface area contributed by atoms with Crippen LogP contribution >= 0.6 is 11.3 Å². The molecule has 2 aromatic carbocycles. The monoisotopic (exact) mass is 355 g/mol. The van der Waals surface area contributed by atoms with Gasteiger partial charge in [0.15, 0.2) is 5.13 Å². The Morgan fingerprint density at radius 1 is 1.08 bits per heavy atom. The largest absolute Gasteiger partial charge is 0.497 e. The fourth-order valence-electron chi connectivity index (χ4n) is 2.17. The molecule has 0 saturated carbocycles. The molecule has 0 radical (unpaired) electrons. The number of anilines is 3. The lowest BCUT2D eigenvalue weighted by Crippen LogP contribution is -2.12. The zero-order valence-corrected chi connectivity index (χ0v) is 14.6. The molecule has 25 heavy (non-hydrogen) atoms. The molecule has 0 aliphatic rings. The van der Waals surface area contributed by atoms with Gasteiger partial charge in [0.25, 0.3) is 5.91 Å². The summed E-state index contributed by atoms with van der Waals surface area (Å²) in [6.45, 7) is 0. The number of rotatable bonds is 6. The number of methoxy groups -OCH3 is 2. The van der Waals surface area contributed by atoms with E-state index in [0.29, 0.717) is 22.3 Å². The van der Waals surface area contributed by atoms with Crippen molar-refractivity contribution in [3.63, 3.8) is 0 Å². The maximum Gasteiger partial charge on any atom is 0.275 e. The molecule has 7 heteroatoms. The minimum Gasteiger partial charge on any atom is -0.497 e. The van der Waals surface area contributed by atoms with Crippen LogP contribution in [-0.2, 0) is 0 Å². The SMILES string of the molecule is COc1ccc(Nc2nc(C(=O)Nc3ccccc3)cs2)c(OC)c1. The summed E-state index contributed by atoms with van der Waals surface area (Å²) in [5.74, 6) is 1.08. The fraction of sp³-hybridized carbons (Fsp3) is 0.111. The van der Waals surface area contributed by atoms with Gasteiger partial charge in [0.05, 0.1) is 19.9 Å². The molecular weight excluding hydrogens is 338 g/mol. The van der Waals surface area contributed by atoms with Crippen LogP contribution in [0.5, 0.6) is 11.5 Å². The van der Waals surface area contributed by atoms with Gasteiger partial charge in [0, 0.05) is 17.1 Å². The lowest BCUT2D eigenvalue weighted by atomic mass is 10.3. The summed E-state index contributed by atoms with van der Waals surface area (Å²) in [7, 11) is 3.18. The molecule has 6 nitrogen and oxygen atoms in total. The minimum atomic E-state index is -0.253. The smallest absolute Gasteiger partial charge is 0.275 e. The Hall–Kier alpha value is -3.06. The third-order valence-corrected chi connectivity index (χ3v) is 4.18. The van der Waals surface area contributed by atoms with Gasteiger partial charge in [-0.05, 0) is 24.3 Å². The maximum absolute atomic E-state index is 12.3. The van der Waals surface area contributed by atoms with E-state index in [4.69, 9.17) is 9.47 Å². The molecule has 0 aliphatic carbocycles. The number of carbonyl (C=O) groups is 1. The lowest BCUT2D eigenvalue weighted by molar-refractivity contribution is 0.102. The van der Waals surface area contributed by atoms with Crippen LogP contribution in [0.15, 0.2) is 53.9 Å². The number of nitrogens with one attached hydrogen (secondary N) is 2. The minimum absolute atomic E-state index is 0.253. The topological polar surface area (TPSA) is 72.5 Å². The molecule has 3 aromatic rings. The molecule has 0 unspecified atom stereocenters. The third kappa shape index (κ3) is 4.07. The number of aromatic nitrogens is 1. The van der Waals surface area contributed by atoms with E-state index in [1.807, 2.05) is 42.5 Å². The first-order valence-electron chi connectivity index (χ1n) is 7.50. The van der Waals surface area contributed by atoms with E-state index in [-0.39, 0.29) is 5.91 Å². The van der Waals surface area contributed by atoms with Crippen molar-refractivity contribution in [1.82, 2.24) is 4.98 Å². The van der Waals surface area contributed by atoms with Crippen LogP contribution in [0.4, 0.5) is 16.5 Å². The van der Waals surface area contributed by atoms with Gasteiger partial charge in [-0.2, -0.15) is 0 Å². The normalized spacial score (nSPS) is 10.2. The Kier molecular flexibility index (Phi) is 5.15. The zero-order chi connectivity index (χ0) is 17.6. The van der Waals surface area contributed by atoms with Crippen LogP contribution in [0.2, 0.25) is 0 Å². The average Bonchev–Trinajstić information content (AvgIpc) is 3.11. The number of ether oxygens (including phenoxy) is 2. The van der Waals surface area contributed by atoms with E-state index in [1.54, 1.807) is 25.7 Å². The summed E-state index contributed by atoms with van der Waals surface area (Å²) in [5.41, 5.74) is 1.82. The predicted molar refractivity (Wildman–Crippen MR) is 99.3 cm³/mol. The van der Waals surface area contributed by atoms with Crippen molar-refractivity contribution in [2.24, 2.45) is 0 Å². The van der Waals surface area contributed by atoms with Gasteiger partial charge in [-0.25, -0.2) is 4.98 Å². The van der Waals surface area contributed by atoms with E-state index in [9.17, 15) is 4.79 Å². The van der Waals surface area contributed by atoms with Crippen LogP contribution in [0, 0.1) is 0 Å². The number of thiazole rings is 1. The summed E-state index contributed by atoms with van der Waals surface area (Å²) < 4.78 is 10.5. The molecule has 0 fully saturated rings.